The topological polar surface area (TPSA) is 262 Å². The van der Waals surface area contributed by atoms with E-state index in [1.165, 1.54) is 40.2 Å². The van der Waals surface area contributed by atoms with E-state index >= 15 is 0 Å². The lowest BCUT2D eigenvalue weighted by molar-refractivity contribution is -0.157. The molecule has 352 valence electrons. The van der Waals surface area contributed by atoms with Crippen molar-refractivity contribution in [1.82, 2.24) is 36.4 Å². The molecule has 65 heavy (non-hydrogen) atoms. The third-order valence-corrected chi connectivity index (χ3v) is 11.2. The predicted octanol–water partition coefficient (Wildman–Crippen LogP) is 0.523. The number of aliphatic hydroxyl groups excluding tert-OH is 2. The molecule has 4 rings (SSSR count). The minimum atomic E-state index is -1.74. The minimum Gasteiger partial charge on any atom is -0.495 e. The van der Waals surface area contributed by atoms with E-state index in [2.05, 4.69) is 26.6 Å². The molecule has 2 aliphatic heterocycles. The van der Waals surface area contributed by atoms with Crippen molar-refractivity contribution in [1.29, 1.82) is 0 Å². The molecule has 0 saturated carbocycles. The molecule has 19 heteroatoms. The number of nitrogens with zero attached hydrogens (tertiary/aromatic N) is 2. The summed E-state index contributed by atoms with van der Waals surface area (Å²) >= 11 is 0. The zero-order valence-electron chi connectivity index (χ0n) is 37.9. The van der Waals surface area contributed by atoms with Crippen molar-refractivity contribution in [2.45, 2.75) is 109 Å². The molecule has 0 spiro atoms. The average molecular weight is 904 g/mol. The maximum Gasteiger partial charge on any atom is 0.329 e. The summed E-state index contributed by atoms with van der Waals surface area (Å²) < 4.78 is 10.8. The van der Waals surface area contributed by atoms with Crippen molar-refractivity contribution >= 4 is 47.3 Å². The summed E-state index contributed by atoms with van der Waals surface area (Å²) in [4.78, 5) is 115. The number of carbonyl (C=O) groups excluding carboxylic acids is 8. The number of rotatable bonds is 12. The van der Waals surface area contributed by atoms with Gasteiger partial charge in [0.2, 0.25) is 17.7 Å². The molecule has 8 unspecified atom stereocenters. The lowest BCUT2D eigenvalue weighted by Gasteiger charge is -2.39. The molecule has 2 aromatic carbocycles. The molecule has 7 N–H and O–H groups in total. The Hall–Kier alpha value is -6.60. The highest BCUT2D eigenvalue weighted by atomic mass is 16.5. The second-order valence-corrected chi connectivity index (χ2v) is 16.6. The first-order valence-corrected chi connectivity index (χ1v) is 21.4. The molecule has 2 aromatic rings. The summed E-state index contributed by atoms with van der Waals surface area (Å²) in [6, 6.07) is 8.96. The Kier molecular flexibility index (Phi) is 18.3. The van der Waals surface area contributed by atoms with Gasteiger partial charge in [-0.25, -0.2) is 4.79 Å². The number of esters is 1. The number of aliphatic hydroxyl groups is 2. The zero-order valence-corrected chi connectivity index (χ0v) is 37.9. The molecule has 8 atom stereocenters. The van der Waals surface area contributed by atoms with Crippen LogP contribution in [0.2, 0.25) is 0 Å². The Morgan fingerprint density at radius 2 is 1.46 bits per heavy atom. The Bertz CT molecular complexity index is 2110. The van der Waals surface area contributed by atoms with Crippen LogP contribution in [-0.4, -0.2) is 137 Å². The summed E-state index contributed by atoms with van der Waals surface area (Å²) in [7, 11) is 2.58. The SMILES string of the molecule is CC=C1NC(=O)C(NC(=O)C(NC(=O)C(CO)OC)C(C)C)C(C)OC(=O)C(C(C)C)NC(=O)C(Cc2ccccc2)N(C)C(=O)C(Cc2ccccc2)N2C(=O)C(CC=C2O)NC1=O. The van der Waals surface area contributed by atoms with Crippen molar-refractivity contribution < 1.29 is 58.0 Å². The molecule has 2 heterocycles. The van der Waals surface area contributed by atoms with E-state index in [1.54, 1.807) is 88.4 Å². The Morgan fingerprint density at radius 3 is 1.98 bits per heavy atom. The van der Waals surface area contributed by atoms with Crippen LogP contribution in [0.25, 0.3) is 0 Å². The number of cyclic esters (lactones) is 1. The van der Waals surface area contributed by atoms with Crippen molar-refractivity contribution in [2.24, 2.45) is 11.8 Å². The minimum absolute atomic E-state index is 0.0465. The number of hydrogen-bond donors (Lipinski definition) is 7. The Morgan fingerprint density at radius 1 is 0.877 bits per heavy atom. The number of nitrogens with one attached hydrogen (secondary N) is 5. The number of methoxy groups -OCH3 is 1. The summed E-state index contributed by atoms with van der Waals surface area (Å²) in [5.41, 5.74) is 0.879. The van der Waals surface area contributed by atoms with Gasteiger partial charge >= 0.3 is 5.97 Å². The van der Waals surface area contributed by atoms with Crippen LogP contribution in [0, 0.1) is 11.8 Å². The monoisotopic (exact) mass is 903 g/mol. The number of hydrogen-bond acceptors (Lipinski definition) is 12. The lowest BCUT2D eigenvalue weighted by atomic mass is 9.97. The Labute approximate surface area is 378 Å². The van der Waals surface area contributed by atoms with Crippen LogP contribution in [0.1, 0.15) is 59.1 Å². The van der Waals surface area contributed by atoms with Crippen LogP contribution in [0.15, 0.2) is 84.4 Å². The number of ether oxygens (including phenoxy) is 2. The summed E-state index contributed by atoms with van der Waals surface area (Å²) in [5, 5.41) is 33.7. The predicted molar refractivity (Wildman–Crippen MR) is 236 cm³/mol. The summed E-state index contributed by atoms with van der Waals surface area (Å²) in [6.45, 7) is 8.53. The number of allylic oxidation sites excluding steroid dienone is 1. The van der Waals surface area contributed by atoms with Gasteiger partial charge in [0.1, 0.15) is 48.1 Å². The largest absolute Gasteiger partial charge is 0.495 e. The highest BCUT2D eigenvalue weighted by molar-refractivity contribution is 6.03. The van der Waals surface area contributed by atoms with Gasteiger partial charge in [0, 0.05) is 33.4 Å². The van der Waals surface area contributed by atoms with E-state index in [4.69, 9.17) is 9.47 Å². The second-order valence-electron chi connectivity index (χ2n) is 16.6. The molecule has 2 aliphatic rings. The van der Waals surface area contributed by atoms with Crippen molar-refractivity contribution in [3.8, 4) is 0 Å². The first-order valence-electron chi connectivity index (χ1n) is 21.4. The van der Waals surface area contributed by atoms with Gasteiger partial charge in [0.15, 0.2) is 12.0 Å². The van der Waals surface area contributed by atoms with Gasteiger partial charge in [-0.2, -0.15) is 0 Å². The number of fused-ring (bicyclic) bond motifs is 2. The number of carbonyl (C=O) groups is 8. The van der Waals surface area contributed by atoms with E-state index < -0.39 is 120 Å². The maximum absolute atomic E-state index is 14.9. The standard InChI is InChI=1S/C46H61N7O12/c1-9-30-39(56)48-31-20-21-35(55)53(44(31)61)33(23-29-18-14-11-15-19-29)45(62)52(7)32(22-28-16-12-10-13-17-28)40(57)50-37(26(4)5)46(63)65-27(6)38(43(60)47-30)51-42(59)36(25(2)3)49-41(58)34(24-54)64-8/h9-19,21,25-27,31-34,36-38,54-55H,20,22-24H2,1-8H3,(H,47,60)(H,48,56)(H,49,58)(H,50,57)(H,51,59). The molecule has 0 radical (unpaired) electrons. The Balaban J connectivity index is 1.84. The van der Waals surface area contributed by atoms with E-state index in [1.807, 2.05) is 0 Å². The van der Waals surface area contributed by atoms with Gasteiger partial charge in [-0.3, -0.25) is 38.5 Å². The van der Waals surface area contributed by atoms with Crippen LogP contribution in [0.3, 0.4) is 0 Å². The molecule has 1 fully saturated rings. The number of benzene rings is 2. The highest BCUT2D eigenvalue weighted by Gasteiger charge is 2.44. The maximum atomic E-state index is 14.9. The highest BCUT2D eigenvalue weighted by Crippen LogP contribution is 2.24. The van der Waals surface area contributed by atoms with Crippen molar-refractivity contribution in [3.63, 3.8) is 0 Å². The second kappa shape index (κ2) is 23.4. The fraction of sp³-hybridized carbons (Fsp3) is 0.478. The van der Waals surface area contributed by atoms with Gasteiger partial charge < -0.3 is 51.2 Å². The lowest BCUT2D eigenvalue weighted by Crippen LogP contribution is -2.61. The van der Waals surface area contributed by atoms with E-state index in [0.717, 1.165) is 9.80 Å². The summed E-state index contributed by atoms with van der Waals surface area (Å²) in [6.07, 6.45) is -0.677. The van der Waals surface area contributed by atoms with Gasteiger partial charge in [0.05, 0.1) is 6.61 Å². The molecule has 19 nitrogen and oxygen atoms in total. The van der Waals surface area contributed by atoms with Crippen LogP contribution < -0.4 is 26.6 Å². The molecule has 2 bridgehead atoms. The van der Waals surface area contributed by atoms with Gasteiger partial charge in [-0.15, -0.1) is 0 Å². The molecule has 1 saturated heterocycles. The molecule has 7 amide bonds. The molecule has 0 aromatic heterocycles. The van der Waals surface area contributed by atoms with E-state index in [0.29, 0.717) is 11.1 Å². The van der Waals surface area contributed by atoms with Gasteiger partial charge in [-0.05, 0) is 42.9 Å². The average Bonchev–Trinajstić information content (AvgIpc) is 3.27. The molecular weight excluding hydrogens is 843 g/mol. The van der Waals surface area contributed by atoms with E-state index in [9.17, 15) is 48.6 Å². The number of likely N-dealkylation sites (N-methyl/N-ethyl adjacent to an activating group) is 1. The molecule has 0 aliphatic carbocycles. The van der Waals surface area contributed by atoms with Crippen molar-refractivity contribution in [2.75, 3.05) is 20.8 Å². The fourth-order valence-electron chi connectivity index (χ4n) is 7.36. The summed E-state index contributed by atoms with van der Waals surface area (Å²) in [5.74, 6) is -8.88. The first-order chi connectivity index (χ1) is 30.8. The zero-order chi connectivity index (χ0) is 48.1. The number of amides is 7. The van der Waals surface area contributed by atoms with Gasteiger partial charge in [-0.1, -0.05) is 94.4 Å². The third kappa shape index (κ3) is 13.0. The van der Waals surface area contributed by atoms with Crippen LogP contribution in [0.4, 0.5) is 0 Å². The third-order valence-electron chi connectivity index (χ3n) is 11.2. The van der Waals surface area contributed by atoms with Crippen molar-refractivity contribution in [3.05, 3.63) is 95.5 Å². The molecular formula is C46H61N7O12. The fourth-order valence-corrected chi connectivity index (χ4v) is 7.36. The van der Waals surface area contributed by atoms with Crippen LogP contribution in [-0.2, 0) is 60.7 Å². The normalized spacial score (nSPS) is 24.4. The quantitative estimate of drug-likeness (QED) is 0.114. The van der Waals surface area contributed by atoms with Crippen LogP contribution >= 0.6 is 0 Å². The van der Waals surface area contributed by atoms with E-state index in [-0.39, 0.29) is 25.0 Å². The smallest absolute Gasteiger partial charge is 0.329 e. The van der Waals surface area contributed by atoms with Crippen LogP contribution in [0.5, 0.6) is 0 Å². The first kappa shape index (κ1) is 51.0. The van der Waals surface area contributed by atoms with Gasteiger partial charge in [0.25, 0.3) is 23.6 Å².